The molecule has 0 unspecified atom stereocenters. The molecule has 3 aliphatic heterocycles. The number of carbonyl (C=O) groups excluding carboxylic acids is 1. The van der Waals surface area contributed by atoms with Gasteiger partial charge < -0.3 is 14.8 Å². The minimum Gasteiger partial charge on any atom is -0.493 e. The molecular weight excluding hydrogens is 477 g/mol. The van der Waals surface area contributed by atoms with Crippen molar-refractivity contribution in [1.82, 2.24) is 4.90 Å². The number of amides is 1. The van der Waals surface area contributed by atoms with Crippen molar-refractivity contribution < 1.29 is 23.6 Å². The zero-order valence-corrected chi connectivity index (χ0v) is 20.2. The van der Waals surface area contributed by atoms with E-state index < -0.39 is 17.5 Å². The second-order valence-electron chi connectivity index (χ2n) is 9.72. The van der Waals surface area contributed by atoms with Gasteiger partial charge in [-0.2, -0.15) is 0 Å². The summed E-state index contributed by atoms with van der Waals surface area (Å²) < 4.78 is 25.5. The first-order valence-electron chi connectivity index (χ1n) is 12.3. The third kappa shape index (κ3) is 3.41. The maximum absolute atomic E-state index is 14.1. The number of benzene rings is 3. The summed E-state index contributed by atoms with van der Waals surface area (Å²) in [5.41, 5.74) is 1.03. The van der Waals surface area contributed by atoms with E-state index in [9.17, 15) is 19.3 Å². The summed E-state index contributed by atoms with van der Waals surface area (Å²) in [6.45, 7) is 0.619. The van der Waals surface area contributed by atoms with Crippen LogP contribution >= 0.6 is 0 Å². The number of nitro groups is 1. The summed E-state index contributed by atoms with van der Waals surface area (Å²) in [7, 11) is 1.50. The number of nitrogens with zero attached hydrogens (tertiary/aromatic N) is 2. The molecule has 4 atom stereocenters. The van der Waals surface area contributed by atoms with E-state index in [4.69, 9.17) is 9.47 Å². The maximum Gasteiger partial charge on any atom is 0.256 e. The van der Waals surface area contributed by atoms with Crippen LogP contribution in [0.3, 0.4) is 0 Å². The second kappa shape index (κ2) is 8.85. The van der Waals surface area contributed by atoms with Gasteiger partial charge in [0.15, 0.2) is 17.0 Å². The highest BCUT2D eigenvalue weighted by Gasteiger charge is 2.73. The molecule has 0 radical (unpaired) electrons. The Morgan fingerprint density at radius 1 is 1.14 bits per heavy atom. The van der Waals surface area contributed by atoms with Crippen molar-refractivity contribution >= 4 is 11.6 Å². The maximum atomic E-state index is 14.1. The number of fused-ring (bicyclic) bond motifs is 4. The van der Waals surface area contributed by atoms with E-state index in [0.717, 1.165) is 12.8 Å². The Hall–Kier alpha value is -3.98. The first-order valence-corrected chi connectivity index (χ1v) is 12.3. The van der Waals surface area contributed by atoms with E-state index >= 15 is 0 Å². The molecule has 3 aliphatic rings. The molecule has 0 aromatic heterocycles. The van der Waals surface area contributed by atoms with E-state index in [1.54, 1.807) is 42.5 Å². The normalized spacial score (nSPS) is 26.1. The molecule has 8 nitrogen and oxygen atoms in total. The quantitative estimate of drug-likeness (QED) is 0.394. The number of hydrogen-bond acceptors (Lipinski definition) is 6. The third-order valence-electron chi connectivity index (χ3n) is 8.01. The molecule has 190 valence electrons. The Kier molecular flexibility index (Phi) is 5.60. The van der Waals surface area contributed by atoms with E-state index in [1.807, 2.05) is 23.1 Å². The lowest BCUT2D eigenvalue weighted by Crippen LogP contribution is -2.55. The molecule has 0 bridgehead atoms. The molecule has 1 amide bonds. The first-order chi connectivity index (χ1) is 18.0. The van der Waals surface area contributed by atoms with Gasteiger partial charge in [0.05, 0.1) is 13.0 Å². The van der Waals surface area contributed by atoms with Crippen molar-refractivity contribution in [3.63, 3.8) is 0 Å². The molecule has 37 heavy (non-hydrogen) atoms. The monoisotopic (exact) mass is 503 g/mol. The van der Waals surface area contributed by atoms with Gasteiger partial charge >= 0.3 is 0 Å². The predicted molar refractivity (Wildman–Crippen MR) is 134 cm³/mol. The largest absolute Gasteiger partial charge is 0.493 e. The lowest BCUT2D eigenvalue weighted by Gasteiger charge is -2.32. The Balaban J connectivity index is 1.40. The number of para-hydroxylation sites is 1. The molecule has 6 rings (SSSR count). The molecule has 3 aromatic rings. The molecule has 9 heteroatoms. The van der Waals surface area contributed by atoms with Crippen LogP contribution in [-0.2, 0) is 16.9 Å². The molecule has 3 heterocycles. The molecule has 0 aliphatic carbocycles. The number of rotatable bonds is 6. The van der Waals surface area contributed by atoms with E-state index in [2.05, 4.69) is 5.32 Å². The van der Waals surface area contributed by atoms with Crippen molar-refractivity contribution in [2.75, 3.05) is 19.0 Å². The topological polar surface area (TPSA) is 93.9 Å². The minimum absolute atomic E-state index is 0.0137. The van der Waals surface area contributed by atoms with Gasteiger partial charge in [-0.1, -0.05) is 42.5 Å². The Bertz CT molecular complexity index is 1400. The number of nitrogens with one attached hydrogen (secondary N) is 1. The van der Waals surface area contributed by atoms with Gasteiger partial charge in [0.1, 0.15) is 12.4 Å². The molecule has 3 aromatic carbocycles. The number of anilines is 1. The van der Waals surface area contributed by atoms with E-state index in [-0.39, 0.29) is 29.3 Å². The number of methoxy groups -OCH3 is 1. The van der Waals surface area contributed by atoms with Crippen LogP contribution < -0.4 is 14.8 Å². The summed E-state index contributed by atoms with van der Waals surface area (Å²) in [5, 5.41) is 15.7. The van der Waals surface area contributed by atoms with Gasteiger partial charge in [0.25, 0.3) is 11.9 Å². The fourth-order valence-corrected chi connectivity index (χ4v) is 6.56. The summed E-state index contributed by atoms with van der Waals surface area (Å²) in [6, 6.07) is 17.5. The molecule has 1 spiro atoms. The van der Waals surface area contributed by atoms with Crippen LogP contribution in [0, 0.1) is 15.9 Å². The summed E-state index contributed by atoms with van der Waals surface area (Å²) in [4.78, 5) is 28.1. The molecule has 1 N–H and O–H groups in total. The SMILES string of the molecule is COc1cc([C@H]2[C@H]([N+](=O)[O-])[C@]3(C(=O)Nc4ccccc43)N3CCC[C@@H]23)ccc1OCc1ccccc1F. The summed E-state index contributed by atoms with van der Waals surface area (Å²) >= 11 is 0. The smallest absolute Gasteiger partial charge is 0.256 e. The molecule has 2 saturated heterocycles. The third-order valence-corrected chi connectivity index (χ3v) is 8.01. The Labute approximate surface area is 213 Å². The van der Waals surface area contributed by atoms with Gasteiger partial charge in [-0.25, -0.2) is 4.39 Å². The number of carbonyl (C=O) groups is 1. The van der Waals surface area contributed by atoms with Gasteiger partial charge in [-0.15, -0.1) is 0 Å². The van der Waals surface area contributed by atoms with Crippen LogP contribution in [0.1, 0.15) is 35.4 Å². The van der Waals surface area contributed by atoms with Crippen LogP contribution in [0.4, 0.5) is 10.1 Å². The molecule has 0 saturated carbocycles. The molecule has 2 fully saturated rings. The molecular formula is C28H26FN3O5. The van der Waals surface area contributed by atoms with Crippen LogP contribution in [0.2, 0.25) is 0 Å². The fraction of sp³-hybridized carbons (Fsp3) is 0.321. The summed E-state index contributed by atoms with van der Waals surface area (Å²) in [6.07, 6.45) is 1.60. The van der Waals surface area contributed by atoms with Crippen LogP contribution in [0.15, 0.2) is 66.7 Å². The van der Waals surface area contributed by atoms with Crippen molar-refractivity contribution in [2.24, 2.45) is 0 Å². The Morgan fingerprint density at radius 3 is 2.70 bits per heavy atom. The predicted octanol–water partition coefficient (Wildman–Crippen LogP) is 4.47. The van der Waals surface area contributed by atoms with Crippen molar-refractivity contribution in [2.45, 2.75) is 43.0 Å². The number of hydrogen-bond donors (Lipinski definition) is 1. The van der Waals surface area contributed by atoms with Crippen molar-refractivity contribution in [3.05, 3.63) is 99.4 Å². The highest BCUT2D eigenvalue weighted by atomic mass is 19.1. The highest BCUT2D eigenvalue weighted by molar-refractivity contribution is 6.07. The van der Waals surface area contributed by atoms with E-state index in [1.165, 1.54) is 13.2 Å². The average Bonchev–Trinajstić information content (AvgIpc) is 3.56. The second-order valence-corrected chi connectivity index (χ2v) is 9.72. The standard InChI is InChI=1S/C28H26FN3O5/c1-36-24-15-17(12-13-23(24)37-16-18-7-2-4-9-20(18)29)25-22-11-6-14-31(22)28(26(25)32(34)35)19-8-3-5-10-21(19)30-27(28)33/h2-5,7-10,12-13,15,22,25-26H,6,11,14,16H2,1H3,(H,30,33)/t22-,25+,26-,28+/m0/s1. The zero-order valence-electron chi connectivity index (χ0n) is 20.2. The van der Waals surface area contributed by atoms with Crippen molar-refractivity contribution in [3.8, 4) is 11.5 Å². The lowest BCUT2D eigenvalue weighted by atomic mass is 9.77. The first kappa shape index (κ1) is 23.4. The fourth-order valence-electron chi connectivity index (χ4n) is 6.56. The van der Waals surface area contributed by atoms with Gasteiger partial charge in [-0.05, 0) is 42.7 Å². The van der Waals surface area contributed by atoms with Gasteiger partial charge in [0.2, 0.25) is 0 Å². The number of halogens is 1. The van der Waals surface area contributed by atoms with Gasteiger partial charge in [-0.3, -0.25) is 19.8 Å². The van der Waals surface area contributed by atoms with Crippen LogP contribution in [0.5, 0.6) is 11.5 Å². The van der Waals surface area contributed by atoms with Crippen LogP contribution in [-0.4, -0.2) is 41.5 Å². The van der Waals surface area contributed by atoms with Crippen molar-refractivity contribution in [1.29, 1.82) is 0 Å². The average molecular weight is 504 g/mol. The lowest BCUT2D eigenvalue weighted by molar-refractivity contribution is -0.534. The Morgan fingerprint density at radius 2 is 1.92 bits per heavy atom. The van der Waals surface area contributed by atoms with Crippen LogP contribution in [0.25, 0.3) is 0 Å². The van der Waals surface area contributed by atoms with Gasteiger partial charge in [0, 0.05) is 34.3 Å². The summed E-state index contributed by atoms with van der Waals surface area (Å²) in [5.74, 6) is -0.435. The number of ether oxygens (including phenoxy) is 2. The highest BCUT2D eigenvalue weighted by Crippen LogP contribution is 2.58. The van der Waals surface area contributed by atoms with E-state index in [0.29, 0.717) is 40.4 Å². The zero-order chi connectivity index (χ0) is 25.7. The minimum atomic E-state index is -1.38.